The maximum absolute atomic E-state index is 14.3. The van der Waals surface area contributed by atoms with Gasteiger partial charge in [0.25, 0.3) is 11.8 Å². The predicted octanol–water partition coefficient (Wildman–Crippen LogP) is 4.29. The number of amides is 3. The summed E-state index contributed by atoms with van der Waals surface area (Å²) >= 11 is 0. The van der Waals surface area contributed by atoms with Gasteiger partial charge in [0.2, 0.25) is 5.91 Å². The molecule has 0 saturated heterocycles. The van der Waals surface area contributed by atoms with Crippen LogP contribution in [0.25, 0.3) is 6.08 Å². The van der Waals surface area contributed by atoms with E-state index in [2.05, 4.69) is 10.6 Å². The number of carbonyl (C=O) groups is 3. The summed E-state index contributed by atoms with van der Waals surface area (Å²) in [4.78, 5) is 36.6. The van der Waals surface area contributed by atoms with Crippen LogP contribution in [0.4, 0.5) is 8.78 Å². The van der Waals surface area contributed by atoms with Crippen LogP contribution in [0.3, 0.4) is 0 Å². The van der Waals surface area contributed by atoms with Crippen molar-refractivity contribution in [2.75, 3.05) is 0 Å². The summed E-state index contributed by atoms with van der Waals surface area (Å²) in [6, 6.07) is 13.3. The number of rotatable bonds is 8. The fraction of sp³-hybridized carbons (Fsp3) is 0.250. The van der Waals surface area contributed by atoms with E-state index in [1.807, 2.05) is 0 Å². The van der Waals surface area contributed by atoms with Crippen LogP contribution in [-0.4, -0.2) is 29.4 Å². The Hall–Kier alpha value is -4.07. The Kier molecular flexibility index (Phi) is 7.15. The van der Waals surface area contributed by atoms with Crippen LogP contribution in [0.1, 0.15) is 58.0 Å². The fourth-order valence-corrected chi connectivity index (χ4v) is 3.67. The molecule has 2 aromatic rings. The Morgan fingerprint density at radius 2 is 1.69 bits per heavy atom. The molecule has 1 atom stereocenters. The molecule has 3 amide bonds. The summed E-state index contributed by atoms with van der Waals surface area (Å²) < 4.78 is 28.5. The Labute approximate surface area is 208 Å². The molecule has 186 valence electrons. The smallest absolute Gasteiger partial charge is 0.252 e. The number of hydrogen-bond donors (Lipinski definition) is 3. The Balaban J connectivity index is 1.47. The monoisotopic (exact) mass is 491 g/mol. The third kappa shape index (κ3) is 6.13. The molecular formula is C28H27F2N3O3. The maximum atomic E-state index is 14.3. The van der Waals surface area contributed by atoms with E-state index < -0.39 is 17.4 Å². The molecule has 0 bridgehead atoms. The molecule has 1 saturated carbocycles. The quantitative estimate of drug-likeness (QED) is 0.480. The van der Waals surface area contributed by atoms with Crippen LogP contribution in [0, 0.1) is 0 Å². The number of primary amides is 1. The van der Waals surface area contributed by atoms with E-state index in [1.165, 1.54) is 13.0 Å². The zero-order valence-corrected chi connectivity index (χ0v) is 19.8. The summed E-state index contributed by atoms with van der Waals surface area (Å²) in [5.41, 5.74) is 5.97. The van der Waals surface area contributed by atoms with Crippen molar-refractivity contribution in [3.05, 3.63) is 99.9 Å². The van der Waals surface area contributed by atoms with Gasteiger partial charge in [-0.25, -0.2) is 8.78 Å². The number of alkyl halides is 1. The molecular weight excluding hydrogens is 464 g/mol. The van der Waals surface area contributed by atoms with Gasteiger partial charge in [0, 0.05) is 35.7 Å². The van der Waals surface area contributed by atoms with Crippen molar-refractivity contribution in [1.82, 2.24) is 10.6 Å². The van der Waals surface area contributed by atoms with E-state index in [0.29, 0.717) is 22.3 Å². The number of halogens is 2. The van der Waals surface area contributed by atoms with Gasteiger partial charge in [0.1, 0.15) is 5.83 Å². The topological polar surface area (TPSA) is 101 Å². The lowest BCUT2D eigenvalue weighted by atomic mass is 9.90. The van der Waals surface area contributed by atoms with Gasteiger partial charge in [0.15, 0.2) is 5.67 Å². The molecule has 1 fully saturated rings. The zero-order chi connectivity index (χ0) is 25.9. The van der Waals surface area contributed by atoms with Crippen LogP contribution in [0.5, 0.6) is 0 Å². The van der Waals surface area contributed by atoms with Crippen LogP contribution in [-0.2, 0) is 11.3 Å². The highest BCUT2D eigenvalue weighted by atomic mass is 19.2. The van der Waals surface area contributed by atoms with Gasteiger partial charge >= 0.3 is 0 Å². The molecule has 6 nitrogen and oxygen atoms in total. The zero-order valence-electron chi connectivity index (χ0n) is 19.8. The average Bonchev–Trinajstić information content (AvgIpc) is 3.67. The highest BCUT2D eigenvalue weighted by molar-refractivity contribution is 6.03. The SMILES string of the molecule is CC1(F)CC=C(/C(=C\c2ccc(C(=O)NCc3ccc(C(N)=O)cc3)cc2)C(=O)NC2CC2)C=C1F. The number of allylic oxidation sites excluding steroid dienone is 3. The summed E-state index contributed by atoms with van der Waals surface area (Å²) in [6.45, 7) is 1.43. The minimum atomic E-state index is -2.08. The number of benzene rings is 2. The molecule has 2 aliphatic carbocycles. The van der Waals surface area contributed by atoms with E-state index in [1.54, 1.807) is 54.6 Å². The maximum Gasteiger partial charge on any atom is 0.252 e. The second kappa shape index (κ2) is 10.3. The van der Waals surface area contributed by atoms with Crippen molar-refractivity contribution < 1.29 is 23.2 Å². The van der Waals surface area contributed by atoms with E-state index in [0.717, 1.165) is 24.5 Å². The summed E-state index contributed by atoms with van der Waals surface area (Å²) in [6.07, 6.45) is 5.83. The molecule has 2 aliphatic rings. The second-order valence-corrected chi connectivity index (χ2v) is 9.22. The molecule has 0 radical (unpaired) electrons. The number of hydrogen-bond acceptors (Lipinski definition) is 3. The van der Waals surface area contributed by atoms with Crippen molar-refractivity contribution in [1.29, 1.82) is 0 Å². The van der Waals surface area contributed by atoms with E-state index in [9.17, 15) is 23.2 Å². The highest BCUT2D eigenvalue weighted by Gasteiger charge is 2.33. The van der Waals surface area contributed by atoms with Gasteiger partial charge in [-0.3, -0.25) is 14.4 Å². The molecule has 4 rings (SSSR count). The first-order valence-electron chi connectivity index (χ1n) is 11.7. The lowest BCUT2D eigenvalue weighted by molar-refractivity contribution is -0.117. The molecule has 0 aromatic heterocycles. The van der Waals surface area contributed by atoms with Gasteiger partial charge in [-0.1, -0.05) is 30.3 Å². The summed E-state index contributed by atoms with van der Waals surface area (Å²) in [5, 5.41) is 5.70. The highest BCUT2D eigenvalue weighted by Crippen LogP contribution is 2.35. The van der Waals surface area contributed by atoms with E-state index in [-0.39, 0.29) is 36.4 Å². The molecule has 4 N–H and O–H groups in total. The van der Waals surface area contributed by atoms with Gasteiger partial charge in [-0.15, -0.1) is 0 Å². The van der Waals surface area contributed by atoms with Gasteiger partial charge in [-0.2, -0.15) is 0 Å². The number of carbonyl (C=O) groups excluding carboxylic acids is 3. The van der Waals surface area contributed by atoms with Crippen LogP contribution in [0.15, 0.2) is 77.7 Å². The molecule has 0 spiro atoms. The summed E-state index contributed by atoms with van der Waals surface area (Å²) in [7, 11) is 0. The molecule has 1 unspecified atom stereocenters. The van der Waals surface area contributed by atoms with Crippen LogP contribution < -0.4 is 16.4 Å². The standard InChI is InChI=1S/C28H27F2N3O3/c1-28(30)13-12-21(15-24(28)29)23(27(36)33-22-10-11-22)14-17-2-8-20(9-3-17)26(35)32-16-18-4-6-19(7-5-18)25(31)34/h2-9,12,14-15,22H,10-11,13,16H2,1H3,(H2,31,34)(H,32,35)(H,33,36)/b23-14+. The lowest BCUT2D eigenvalue weighted by Gasteiger charge is -2.22. The van der Waals surface area contributed by atoms with Crippen molar-refractivity contribution in [3.8, 4) is 0 Å². The molecule has 36 heavy (non-hydrogen) atoms. The van der Waals surface area contributed by atoms with Crippen molar-refractivity contribution in [2.45, 2.75) is 44.4 Å². The fourth-order valence-electron chi connectivity index (χ4n) is 3.67. The van der Waals surface area contributed by atoms with Crippen LogP contribution in [0.2, 0.25) is 0 Å². The van der Waals surface area contributed by atoms with Crippen molar-refractivity contribution in [2.24, 2.45) is 5.73 Å². The normalized spacial score (nSPS) is 19.7. The Bertz CT molecular complexity index is 1270. The van der Waals surface area contributed by atoms with Gasteiger partial charge < -0.3 is 16.4 Å². The minimum Gasteiger partial charge on any atom is -0.366 e. The summed E-state index contributed by atoms with van der Waals surface area (Å²) in [5.74, 6) is -2.07. The van der Waals surface area contributed by atoms with E-state index in [4.69, 9.17) is 5.73 Å². The molecule has 2 aromatic carbocycles. The third-order valence-electron chi connectivity index (χ3n) is 6.13. The Morgan fingerprint density at radius 3 is 2.28 bits per heavy atom. The third-order valence-corrected chi connectivity index (χ3v) is 6.13. The number of nitrogens with two attached hydrogens (primary N) is 1. The molecule has 0 aliphatic heterocycles. The number of nitrogens with one attached hydrogen (secondary N) is 2. The van der Waals surface area contributed by atoms with Gasteiger partial charge in [0.05, 0.1) is 0 Å². The predicted molar refractivity (Wildman–Crippen MR) is 133 cm³/mol. The average molecular weight is 492 g/mol. The lowest BCUT2D eigenvalue weighted by Crippen LogP contribution is -2.29. The second-order valence-electron chi connectivity index (χ2n) is 9.22. The Morgan fingerprint density at radius 1 is 1.06 bits per heavy atom. The first kappa shape index (κ1) is 25.0. The molecule has 0 heterocycles. The molecule has 8 heteroatoms. The van der Waals surface area contributed by atoms with Gasteiger partial charge in [-0.05, 0) is 72.9 Å². The van der Waals surface area contributed by atoms with Crippen molar-refractivity contribution >= 4 is 23.8 Å². The first-order valence-corrected chi connectivity index (χ1v) is 11.7. The van der Waals surface area contributed by atoms with Crippen molar-refractivity contribution in [3.63, 3.8) is 0 Å². The minimum absolute atomic E-state index is 0.100. The largest absolute Gasteiger partial charge is 0.366 e. The van der Waals surface area contributed by atoms with Crippen LogP contribution >= 0.6 is 0 Å². The first-order chi connectivity index (χ1) is 17.1. The van der Waals surface area contributed by atoms with E-state index >= 15 is 0 Å².